The first-order chi connectivity index (χ1) is 27.7. The Hall–Kier alpha value is -5.35. The SMILES string of the molecule is Cn1c(=O)n(C2CCC(=O)NC2=O)c2cccc([C@@H]3CCN(CC4CCC(n5cc6cc(NC(=O)c7cccc(C(F)F)n7)c(C(C)(C)O)cc6n5)CC4)C[C@H]3F)c21. The van der Waals surface area contributed by atoms with Gasteiger partial charge >= 0.3 is 5.69 Å². The largest absolute Gasteiger partial charge is 0.386 e. The number of hydrogen-bond donors (Lipinski definition) is 3. The summed E-state index contributed by atoms with van der Waals surface area (Å²) < 4.78 is 47.5. The number of halogens is 3. The zero-order chi connectivity index (χ0) is 41.0. The van der Waals surface area contributed by atoms with Crippen molar-refractivity contribution in [3.05, 3.63) is 87.7 Å². The number of carbonyl (C=O) groups is 3. The first-order valence-corrected chi connectivity index (χ1v) is 19.9. The molecule has 3 atom stereocenters. The van der Waals surface area contributed by atoms with Gasteiger partial charge in [0.1, 0.15) is 23.6 Å². The summed E-state index contributed by atoms with van der Waals surface area (Å²) in [6.07, 6.45) is 2.55. The highest BCUT2D eigenvalue weighted by Crippen LogP contribution is 2.39. The Balaban J connectivity index is 0.911. The van der Waals surface area contributed by atoms with Crippen molar-refractivity contribution in [3.8, 4) is 0 Å². The number of nitrogens with one attached hydrogen (secondary N) is 2. The number of aliphatic hydroxyl groups is 1. The lowest BCUT2D eigenvalue weighted by Gasteiger charge is -2.38. The van der Waals surface area contributed by atoms with Gasteiger partial charge in [0.15, 0.2) is 0 Å². The van der Waals surface area contributed by atoms with Crippen LogP contribution in [0.5, 0.6) is 0 Å². The van der Waals surface area contributed by atoms with Crippen molar-refractivity contribution in [2.24, 2.45) is 13.0 Å². The van der Waals surface area contributed by atoms with Gasteiger partial charge in [-0.15, -0.1) is 0 Å². The summed E-state index contributed by atoms with van der Waals surface area (Å²) in [4.78, 5) is 57.0. The maximum Gasteiger partial charge on any atom is 0.329 e. The number of piperidine rings is 2. The smallest absolute Gasteiger partial charge is 0.329 e. The molecule has 2 aromatic carbocycles. The number of imidazole rings is 1. The zero-order valence-corrected chi connectivity index (χ0v) is 32.6. The van der Waals surface area contributed by atoms with E-state index in [0.29, 0.717) is 46.7 Å². The first kappa shape index (κ1) is 39.5. The van der Waals surface area contributed by atoms with Gasteiger partial charge in [-0.3, -0.25) is 33.5 Å². The highest BCUT2D eigenvalue weighted by Gasteiger charge is 2.36. The van der Waals surface area contributed by atoms with Gasteiger partial charge in [-0.1, -0.05) is 18.2 Å². The van der Waals surface area contributed by atoms with Crippen LogP contribution in [-0.4, -0.2) is 77.4 Å². The summed E-state index contributed by atoms with van der Waals surface area (Å²) in [7, 11) is 1.65. The number of benzene rings is 2. The number of aromatic nitrogens is 5. The fourth-order valence-corrected chi connectivity index (χ4v) is 9.21. The second-order valence-corrected chi connectivity index (χ2v) is 16.6. The molecule has 1 saturated carbocycles. The number of anilines is 1. The quantitative estimate of drug-likeness (QED) is 0.153. The number of pyridine rings is 1. The summed E-state index contributed by atoms with van der Waals surface area (Å²) in [5.74, 6) is -1.56. The second kappa shape index (κ2) is 15.4. The predicted molar refractivity (Wildman–Crippen MR) is 210 cm³/mol. The van der Waals surface area contributed by atoms with Crippen molar-refractivity contribution < 1.29 is 32.7 Å². The van der Waals surface area contributed by atoms with E-state index in [1.807, 2.05) is 16.9 Å². The number of alkyl halides is 3. The number of para-hydroxylation sites is 1. The van der Waals surface area contributed by atoms with Crippen molar-refractivity contribution in [2.45, 2.75) is 95.0 Å². The molecule has 58 heavy (non-hydrogen) atoms. The lowest BCUT2D eigenvalue weighted by atomic mass is 9.83. The summed E-state index contributed by atoms with van der Waals surface area (Å²) in [6, 6.07) is 12.1. The number of amides is 3. The molecule has 16 heteroatoms. The molecule has 306 valence electrons. The molecule has 0 spiro atoms. The van der Waals surface area contributed by atoms with Crippen molar-refractivity contribution in [1.29, 1.82) is 0 Å². The van der Waals surface area contributed by atoms with Crippen LogP contribution in [-0.2, 0) is 22.2 Å². The van der Waals surface area contributed by atoms with Crippen molar-refractivity contribution in [2.75, 3.05) is 25.0 Å². The molecule has 2 aliphatic heterocycles. The average Bonchev–Trinajstić information content (AvgIpc) is 3.72. The second-order valence-electron chi connectivity index (χ2n) is 16.6. The number of fused-ring (bicyclic) bond motifs is 2. The molecule has 3 N–H and O–H groups in total. The Morgan fingerprint density at radius 1 is 1.03 bits per heavy atom. The molecular weight excluding hydrogens is 754 g/mol. The minimum atomic E-state index is -2.82. The van der Waals surface area contributed by atoms with E-state index in [-0.39, 0.29) is 42.7 Å². The Morgan fingerprint density at radius 3 is 2.50 bits per heavy atom. The number of rotatable bonds is 9. The van der Waals surface area contributed by atoms with Crippen molar-refractivity contribution >= 4 is 45.3 Å². The van der Waals surface area contributed by atoms with Crippen LogP contribution < -0.4 is 16.3 Å². The van der Waals surface area contributed by atoms with Gasteiger partial charge in [-0.05, 0) is 101 Å². The molecule has 3 amide bonds. The third-order valence-electron chi connectivity index (χ3n) is 12.2. The van der Waals surface area contributed by atoms with Gasteiger partial charge in [0.25, 0.3) is 12.3 Å². The van der Waals surface area contributed by atoms with Crippen LogP contribution in [0.2, 0.25) is 0 Å². The van der Waals surface area contributed by atoms with Gasteiger partial charge < -0.3 is 15.3 Å². The lowest BCUT2D eigenvalue weighted by molar-refractivity contribution is -0.135. The molecule has 2 saturated heterocycles. The number of carbonyl (C=O) groups excluding carboxylic acids is 3. The normalized spacial score (nSPS) is 23.5. The van der Waals surface area contributed by atoms with Gasteiger partial charge in [0, 0.05) is 55.3 Å². The first-order valence-electron chi connectivity index (χ1n) is 19.9. The predicted octanol–water partition coefficient (Wildman–Crippen LogP) is 6.04. The zero-order valence-electron chi connectivity index (χ0n) is 32.6. The Kier molecular flexibility index (Phi) is 10.5. The van der Waals surface area contributed by atoms with Crippen LogP contribution in [0.3, 0.4) is 0 Å². The van der Waals surface area contributed by atoms with Crippen LogP contribution in [0.4, 0.5) is 18.9 Å². The lowest BCUT2D eigenvalue weighted by Crippen LogP contribution is -2.44. The van der Waals surface area contributed by atoms with Crippen LogP contribution in [0.15, 0.2) is 59.5 Å². The number of likely N-dealkylation sites (tertiary alicyclic amines) is 1. The molecule has 1 unspecified atom stereocenters. The molecule has 13 nitrogen and oxygen atoms in total. The fourth-order valence-electron chi connectivity index (χ4n) is 9.21. The highest BCUT2D eigenvalue weighted by atomic mass is 19.3. The van der Waals surface area contributed by atoms with E-state index in [1.54, 1.807) is 45.2 Å². The van der Waals surface area contributed by atoms with Gasteiger partial charge in [0.2, 0.25) is 11.8 Å². The van der Waals surface area contributed by atoms with Gasteiger partial charge in [-0.2, -0.15) is 5.10 Å². The maximum atomic E-state index is 16.2. The van der Waals surface area contributed by atoms with Crippen molar-refractivity contribution in [1.82, 2.24) is 34.1 Å². The molecule has 8 rings (SSSR count). The number of aryl methyl sites for hydroxylation is 1. The summed E-state index contributed by atoms with van der Waals surface area (Å²) >= 11 is 0. The van der Waals surface area contributed by atoms with E-state index >= 15 is 4.39 Å². The third kappa shape index (κ3) is 7.54. The number of imide groups is 1. The molecule has 3 fully saturated rings. The molecule has 3 aliphatic rings. The van der Waals surface area contributed by atoms with E-state index in [4.69, 9.17) is 5.10 Å². The van der Waals surface area contributed by atoms with E-state index in [1.165, 1.54) is 21.3 Å². The number of nitrogens with zero attached hydrogens (tertiary/aromatic N) is 6. The molecular formula is C42H47F3N8O5. The maximum absolute atomic E-state index is 16.2. The van der Waals surface area contributed by atoms with Gasteiger partial charge in [-0.25, -0.2) is 22.9 Å². The summed E-state index contributed by atoms with van der Waals surface area (Å²) in [5.41, 5.74) is 0.962. The van der Waals surface area contributed by atoms with E-state index < -0.39 is 47.7 Å². The molecule has 1 aliphatic carbocycles. The van der Waals surface area contributed by atoms with E-state index in [2.05, 4.69) is 20.5 Å². The van der Waals surface area contributed by atoms with Crippen LogP contribution in [0, 0.1) is 5.92 Å². The monoisotopic (exact) mass is 800 g/mol. The molecule has 0 radical (unpaired) electrons. The fraction of sp³-hybridized carbons (Fsp3) is 0.476. The third-order valence-corrected chi connectivity index (χ3v) is 12.2. The minimum Gasteiger partial charge on any atom is -0.386 e. The molecule has 5 aromatic rings. The minimum absolute atomic E-state index is 0.132. The Bertz CT molecular complexity index is 2460. The molecule has 0 bridgehead atoms. The highest BCUT2D eigenvalue weighted by molar-refractivity contribution is 6.04. The summed E-state index contributed by atoms with van der Waals surface area (Å²) in [5, 5.41) is 21.7. The molecule has 3 aromatic heterocycles. The van der Waals surface area contributed by atoms with E-state index in [9.17, 15) is 33.1 Å². The average molecular weight is 801 g/mol. The number of hydrogen-bond acceptors (Lipinski definition) is 8. The standard InChI is InChI=1S/C42H47F3N8O5/c1-42(2,58)28-19-32-24(18-33(28)47-39(55)31-8-5-7-30(46-31)38(44)45)21-52(49-32)25-12-10-23(11-13-25)20-51-17-16-26(29(43)22-51)27-6-4-9-34-37(27)50(3)41(57)53(34)35-14-15-36(54)48-40(35)56/h4-9,18-19,21,23,25-26,29,35,38,58H,10-17,20,22H2,1-3H3,(H,47,55)(H,48,54,56)/t23?,25?,26-,29+,35?/m0/s1. The topological polar surface area (TPSA) is 156 Å². The van der Waals surface area contributed by atoms with Crippen LogP contribution in [0.1, 0.15) is 111 Å². The van der Waals surface area contributed by atoms with Crippen LogP contribution >= 0.6 is 0 Å². The summed E-state index contributed by atoms with van der Waals surface area (Å²) in [6.45, 7) is 4.97. The Morgan fingerprint density at radius 2 is 1.79 bits per heavy atom. The van der Waals surface area contributed by atoms with Gasteiger partial charge in [0.05, 0.1) is 28.2 Å². The molecule has 5 heterocycles. The van der Waals surface area contributed by atoms with E-state index in [0.717, 1.165) is 49.2 Å². The Labute approximate surface area is 332 Å². The van der Waals surface area contributed by atoms with Crippen molar-refractivity contribution in [3.63, 3.8) is 0 Å². The van der Waals surface area contributed by atoms with Crippen LogP contribution in [0.25, 0.3) is 21.9 Å².